The Kier molecular flexibility index (Phi) is 5.64. The number of aliphatic hydroxyl groups excluding tert-OH is 1. The van der Waals surface area contributed by atoms with Crippen LogP contribution in [-0.4, -0.2) is 34.9 Å². The number of hydrazone groups is 1. The fourth-order valence-electron chi connectivity index (χ4n) is 2.92. The summed E-state index contributed by atoms with van der Waals surface area (Å²) in [6, 6.07) is 13.8. The highest BCUT2D eigenvalue weighted by molar-refractivity contribution is 7.14. The van der Waals surface area contributed by atoms with Crippen LogP contribution in [0.5, 0.6) is 5.75 Å². The Morgan fingerprint density at radius 1 is 1.23 bits per heavy atom. The summed E-state index contributed by atoms with van der Waals surface area (Å²) in [4.78, 5) is 17.4. The maximum absolute atomic E-state index is 12.9. The van der Waals surface area contributed by atoms with Crippen molar-refractivity contribution in [2.45, 2.75) is 19.6 Å². The molecule has 0 aliphatic carbocycles. The third-order valence-electron chi connectivity index (χ3n) is 4.54. The summed E-state index contributed by atoms with van der Waals surface area (Å²) >= 11 is 1.33. The van der Waals surface area contributed by atoms with Gasteiger partial charge >= 0.3 is 0 Å². The molecule has 0 radical (unpaired) electrons. The Hall–Kier alpha value is -3.43. The Morgan fingerprint density at radius 2 is 2.03 bits per heavy atom. The molecule has 0 saturated carbocycles. The third kappa shape index (κ3) is 3.98. The molecule has 2 aromatic carbocycles. The van der Waals surface area contributed by atoms with E-state index in [2.05, 4.69) is 20.3 Å². The van der Waals surface area contributed by atoms with Crippen LogP contribution in [0.15, 0.2) is 69.2 Å². The number of hydrogen-bond acceptors (Lipinski definition) is 8. The van der Waals surface area contributed by atoms with E-state index in [-0.39, 0.29) is 12.5 Å². The fraction of sp³-hybridized carbons (Fsp3) is 0.190. The molecule has 1 aliphatic heterocycles. The molecule has 8 nitrogen and oxygen atoms in total. The van der Waals surface area contributed by atoms with Gasteiger partial charge in [0, 0.05) is 10.9 Å². The molecule has 30 heavy (non-hydrogen) atoms. The molecule has 1 aromatic heterocycles. The number of benzene rings is 2. The minimum absolute atomic E-state index is 0.0828. The van der Waals surface area contributed by atoms with Crippen LogP contribution < -0.4 is 9.75 Å². The van der Waals surface area contributed by atoms with Crippen molar-refractivity contribution in [3.8, 4) is 17.0 Å². The van der Waals surface area contributed by atoms with Gasteiger partial charge in [0.2, 0.25) is 5.13 Å². The number of hydrogen-bond donors (Lipinski definition) is 1. The summed E-state index contributed by atoms with van der Waals surface area (Å²) in [5, 5.41) is 25.5. The van der Waals surface area contributed by atoms with Crippen molar-refractivity contribution in [3.05, 3.63) is 59.5 Å². The number of amides is 1. The zero-order valence-electron chi connectivity index (χ0n) is 16.4. The van der Waals surface area contributed by atoms with Crippen LogP contribution in [0.25, 0.3) is 11.3 Å². The SMILES string of the molecule is COc1ccc(-c2csc(N3N=C(C)C(N=Nc4cccc(CO)c4)C3=O)n2)cc1. The Morgan fingerprint density at radius 3 is 2.77 bits per heavy atom. The first-order chi connectivity index (χ1) is 14.6. The average Bonchev–Trinajstić information content (AvgIpc) is 3.37. The zero-order chi connectivity index (χ0) is 21.1. The monoisotopic (exact) mass is 421 g/mol. The smallest absolute Gasteiger partial charge is 0.282 e. The normalized spacial score (nSPS) is 16.4. The second kappa shape index (κ2) is 8.52. The lowest BCUT2D eigenvalue weighted by Gasteiger charge is -2.08. The van der Waals surface area contributed by atoms with E-state index >= 15 is 0 Å². The van der Waals surface area contributed by atoms with E-state index in [1.54, 1.807) is 38.3 Å². The van der Waals surface area contributed by atoms with Gasteiger partial charge in [-0.2, -0.15) is 20.3 Å². The quantitative estimate of drug-likeness (QED) is 0.603. The van der Waals surface area contributed by atoms with Crippen molar-refractivity contribution in [2.24, 2.45) is 15.3 Å². The number of nitrogens with zero attached hydrogens (tertiary/aromatic N) is 5. The van der Waals surface area contributed by atoms with Crippen molar-refractivity contribution in [1.82, 2.24) is 4.98 Å². The molecule has 1 amide bonds. The van der Waals surface area contributed by atoms with Gasteiger partial charge in [-0.3, -0.25) is 4.79 Å². The molecule has 0 spiro atoms. The Bertz CT molecular complexity index is 1120. The number of aromatic nitrogens is 1. The second-order valence-corrected chi connectivity index (χ2v) is 7.42. The highest BCUT2D eigenvalue weighted by atomic mass is 32.1. The maximum Gasteiger partial charge on any atom is 0.282 e. The average molecular weight is 421 g/mol. The van der Waals surface area contributed by atoms with Gasteiger partial charge in [0.25, 0.3) is 5.91 Å². The van der Waals surface area contributed by atoms with Crippen LogP contribution in [0.4, 0.5) is 10.8 Å². The number of ether oxygens (including phenoxy) is 1. The molecule has 152 valence electrons. The number of rotatable bonds is 6. The number of methoxy groups -OCH3 is 1. The first kappa shape index (κ1) is 19.9. The molecule has 4 rings (SSSR count). The standard InChI is InChI=1S/C21H19N5O3S/c1-13-19(24-23-16-5-3-4-14(10-16)11-27)20(28)26(25-13)21-22-18(12-30-21)15-6-8-17(29-2)9-7-15/h3-10,12,19,27H,11H2,1-2H3. The Balaban J connectivity index is 1.52. The van der Waals surface area contributed by atoms with Crippen molar-refractivity contribution in [2.75, 3.05) is 12.1 Å². The molecule has 0 saturated heterocycles. The van der Waals surface area contributed by atoms with Crippen LogP contribution in [0.2, 0.25) is 0 Å². The van der Waals surface area contributed by atoms with Crippen LogP contribution in [0.3, 0.4) is 0 Å². The van der Waals surface area contributed by atoms with E-state index < -0.39 is 6.04 Å². The summed E-state index contributed by atoms with van der Waals surface area (Å²) in [5.41, 5.74) is 3.51. The minimum Gasteiger partial charge on any atom is -0.497 e. The molecule has 3 aromatic rings. The highest BCUT2D eigenvalue weighted by Crippen LogP contribution is 2.31. The molecule has 0 bridgehead atoms. The van der Waals surface area contributed by atoms with E-state index in [0.717, 1.165) is 22.6 Å². The van der Waals surface area contributed by atoms with Crippen molar-refractivity contribution in [1.29, 1.82) is 0 Å². The van der Waals surface area contributed by atoms with E-state index in [1.165, 1.54) is 16.3 Å². The van der Waals surface area contributed by atoms with E-state index in [9.17, 15) is 9.90 Å². The third-order valence-corrected chi connectivity index (χ3v) is 5.35. The molecular formula is C21H19N5O3S. The largest absolute Gasteiger partial charge is 0.497 e. The number of carbonyl (C=O) groups is 1. The summed E-state index contributed by atoms with van der Waals surface area (Å²) in [7, 11) is 1.62. The molecule has 9 heteroatoms. The molecular weight excluding hydrogens is 402 g/mol. The first-order valence-corrected chi connectivity index (χ1v) is 10.1. The van der Waals surface area contributed by atoms with E-state index in [4.69, 9.17) is 4.74 Å². The van der Waals surface area contributed by atoms with Crippen molar-refractivity contribution in [3.63, 3.8) is 0 Å². The second-order valence-electron chi connectivity index (χ2n) is 6.58. The summed E-state index contributed by atoms with van der Waals surface area (Å²) in [6.45, 7) is 1.66. The predicted octanol–water partition coefficient (Wildman–Crippen LogP) is 4.19. The lowest BCUT2D eigenvalue weighted by molar-refractivity contribution is -0.117. The lowest BCUT2D eigenvalue weighted by Crippen LogP contribution is -2.29. The number of aliphatic hydroxyl groups is 1. The van der Waals surface area contributed by atoms with Gasteiger partial charge in [-0.15, -0.1) is 11.3 Å². The zero-order valence-corrected chi connectivity index (χ0v) is 17.2. The van der Waals surface area contributed by atoms with Crippen LogP contribution in [-0.2, 0) is 11.4 Å². The summed E-state index contributed by atoms with van der Waals surface area (Å²) < 4.78 is 5.18. The lowest BCUT2D eigenvalue weighted by atomic mass is 10.2. The van der Waals surface area contributed by atoms with E-state index in [0.29, 0.717) is 16.5 Å². The van der Waals surface area contributed by atoms with Gasteiger partial charge in [0.15, 0.2) is 6.04 Å². The number of anilines is 1. The van der Waals surface area contributed by atoms with Gasteiger partial charge < -0.3 is 9.84 Å². The summed E-state index contributed by atoms with van der Waals surface area (Å²) in [6.07, 6.45) is 0. The maximum atomic E-state index is 12.9. The van der Waals surface area contributed by atoms with E-state index in [1.807, 2.05) is 29.6 Å². The topological polar surface area (TPSA) is 99.7 Å². The van der Waals surface area contributed by atoms with Crippen LogP contribution >= 0.6 is 11.3 Å². The highest BCUT2D eigenvalue weighted by Gasteiger charge is 2.36. The fourth-order valence-corrected chi connectivity index (χ4v) is 3.71. The molecule has 1 N–H and O–H groups in total. The molecule has 1 atom stereocenters. The van der Waals surface area contributed by atoms with Crippen molar-refractivity contribution >= 4 is 33.8 Å². The molecule has 1 unspecified atom stereocenters. The van der Waals surface area contributed by atoms with Crippen LogP contribution in [0, 0.1) is 0 Å². The number of carbonyl (C=O) groups excluding carboxylic acids is 1. The predicted molar refractivity (Wildman–Crippen MR) is 115 cm³/mol. The van der Waals surface area contributed by atoms with Crippen molar-refractivity contribution < 1.29 is 14.6 Å². The van der Waals surface area contributed by atoms with Gasteiger partial charge in [-0.1, -0.05) is 12.1 Å². The first-order valence-electron chi connectivity index (χ1n) is 9.18. The van der Waals surface area contributed by atoms with Gasteiger partial charge in [0.1, 0.15) is 5.75 Å². The molecule has 2 heterocycles. The molecule has 1 aliphatic rings. The Labute approximate surface area is 177 Å². The number of azo groups is 1. The van der Waals surface area contributed by atoms with Crippen LogP contribution in [0.1, 0.15) is 12.5 Å². The number of thiazole rings is 1. The van der Waals surface area contributed by atoms with Gasteiger partial charge in [-0.25, -0.2) is 4.98 Å². The molecule has 0 fully saturated rings. The van der Waals surface area contributed by atoms with Gasteiger partial charge in [-0.05, 0) is 48.9 Å². The minimum atomic E-state index is -0.795. The van der Waals surface area contributed by atoms with Gasteiger partial charge in [0.05, 0.1) is 30.8 Å². The summed E-state index contributed by atoms with van der Waals surface area (Å²) in [5.74, 6) is 0.465.